The Morgan fingerprint density at radius 3 is 2.42 bits per heavy atom. The van der Waals surface area contributed by atoms with Crippen LogP contribution in [0.15, 0.2) is 11.1 Å². The Morgan fingerprint density at radius 2 is 1.85 bits per heavy atom. The third kappa shape index (κ3) is 4.65. The van der Waals surface area contributed by atoms with Gasteiger partial charge in [0, 0.05) is 11.0 Å². The summed E-state index contributed by atoms with van der Waals surface area (Å²) >= 11 is 0. The zero-order valence-corrected chi connectivity index (χ0v) is 15.7. The van der Waals surface area contributed by atoms with Crippen LogP contribution in [0.2, 0.25) is 0 Å². The SMILES string of the molecule is CC1=C(C#CC(C)O[C@@H]2O[C@H](CO)[C@@H](O)[C@H](O)[C@H]2O)C(C)(C)C[C@H](O)C1. The minimum absolute atomic E-state index is 0.238. The number of hydrogen-bond donors (Lipinski definition) is 5. The lowest BCUT2D eigenvalue weighted by atomic mass is 9.72. The second-order valence-corrected chi connectivity index (χ2v) is 7.85. The van der Waals surface area contributed by atoms with Gasteiger partial charge in [-0.15, -0.1) is 0 Å². The van der Waals surface area contributed by atoms with Crippen LogP contribution in [-0.4, -0.2) is 75.1 Å². The van der Waals surface area contributed by atoms with Crippen molar-refractivity contribution in [1.82, 2.24) is 0 Å². The zero-order valence-electron chi connectivity index (χ0n) is 15.7. The smallest absolute Gasteiger partial charge is 0.188 e. The van der Waals surface area contributed by atoms with E-state index in [1.165, 1.54) is 0 Å². The molecule has 7 heteroatoms. The van der Waals surface area contributed by atoms with Crippen molar-refractivity contribution in [2.24, 2.45) is 5.41 Å². The average molecular weight is 370 g/mol. The molecule has 1 unspecified atom stereocenters. The van der Waals surface area contributed by atoms with Crippen molar-refractivity contribution in [2.45, 2.75) is 83.5 Å². The van der Waals surface area contributed by atoms with E-state index in [1.54, 1.807) is 6.92 Å². The predicted octanol–water partition coefficient (Wildman–Crippen LogP) is -0.308. The molecule has 5 N–H and O–H groups in total. The number of aliphatic hydroxyl groups is 5. The summed E-state index contributed by atoms with van der Waals surface area (Å²) < 4.78 is 10.9. The molecule has 26 heavy (non-hydrogen) atoms. The molecule has 1 heterocycles. The molecule has 2 rings (SSSR count). The normalized spacial score (nSPS) is 38.5. The van der Waals surface area contributed by atoms with Gasteiger partial charge in [0.15, 0.2) is 6.29 Å². The molecule has 0 bridgehead atoms. The third-order valence-electron chi connectivity index (χ3n) is 4.98. The maximum atomic E-state index is 10.0. The van der Waals surface area contributed by atoms with E-state index in [4.69, 9.17) is 9.47 Å². The number of rotatable bonds is 3. The lowest BCUT2D eigenvalue weighted by Gasteiger charge is -2.40. The molecule has 7 nitrogen and oxygen atoms in total. The van der Waals surface area contributed by atoms with Crippen molar-refractivity contribution in [3.05, 3.63) is 11.1 Å². The van der Waals surface area contributed by atoms with Gasteiger partial charge in [-0.25, -0.2) is 0 Å². The summed E-state index contributed by atoms with van der Waals surface area (Å²) in [6, 6.07) is 0. The Hall–Kier alpha value is -0.980. The minimum atomic E-state index is -1.48. The van der Waals surface area contributed by atoms with E-state index in [-0.39, 0.29) is 11.5 Å². The van der Waals surface area contributed by atoms with E-state index in [2.05, 4.69) is 11.8 Å². The van der Waals surface area contributed by atoms with Gasteiger partial charge in [-0.3, -0.25) is 0 Å². The molecule has 0 radical (unpaired) electrons. The molecular weight excluding hydrogens is 340 g/mol. The second kappa shape index (κ2) is 8.36. The first-order valence-corrected chi connectivity index (χ1v) is 8.92. The van der Waals surface area contributed by atoms with E-state index < -0.39 is 43.4 Å². The molecule has 1 aliphatic carbocycles. The number of aliphatic hydroxyl groups excluding tert-OH is 5. The largest absolute Gasteiger partial charge is 0.394 e. The molecule has 0 aromatic rings. The van der Waals surface area contributed by atoms with Crippen LogP contribution in [0.4, 0.5) is 0 Å². The Bertz CT molecular complexity index is 586. The first-order valence-electron chi connectivity index (χ1n) is 8.92. The van der Waals surface area contributed by atoms with Crippen molar-refractivity contribution in [1.29, 1.82) is 0 Å². The first-order chi connectivity index (χ1) is 12.1. The van der Waals surface area contributed by atoms with Gasteiger partial charge < -0.3 is 35.0 Å². The molecule has 1 aliphatic heterocycles. The first kappa shape index (κ1) is 21.3. The quantitative estimate of drug-likeness (QED) is 0.432. The highest BCUT2D eigenvalue weighted by Crippen LogP contribution is 2.39. The van der Waals surface area contributed by atoms with E-state index in [1.807, 2.05) is 20.8 Å². The van der Waals surface area contributed by atoms with E-state index in [9.17, 15) is 25.5 Å². The Labute approximate surface area is 154 Å². The lowest BCUT2D eigenvalue weighted by Crippen LogP contribution is -2.59. The van der Waals surface area contributed by atoms with Gasteiger partial charge in [0.1, 0.15) is 30.5 Å². The van der Waals surface area contributed by atoms with Crippen LogP contribution < -0.4 is 0 Å². The molecule has 2 aliphatic rings. The Balaban J connectivity index is 2.08. The summed E-state index contributed by atoms with van der Waals surface area (Å²) in [5.41, 5.74) is 1.77. The van der Waals surface area contributed by atoms with Crippen molar-refractivity contribution in [3.63, 3.8) is 0 Å². The van der Waals surface area contributed by atoms with Crippen LogP contribution in [0.5, 0.6) is 0 Å². The van der Waals surface area contributed by atoms with Gasteiger partial charge in [-0.05, 0) is 26.7 Å². The maximum absolute atomic E-state index is 10.0. The summed E-state index contributed by atoms with van der Waals surface area (Å²) in [7, 11) is 0. The molecule has 1 fully saturated rings. The van der Waals surface area contributed by atoms with E-state index in [0.717, 1.165) is 11.1 Å². The molecule has 0 spiro atoms. The molecule has 148 valence electrons. The topological polar surface area (TPSA) is 120 Å². The fraction of sp³-hybridized carbons (Fsp3) is 0.789. The van der Waals surface area contributed by atoms with Crippen LogP contribution in [-0.2, 0) is 9.47 Å². The zero-order chi connectivity index (χ0) is 19.6. The number of ether oxygens (including phenoxy) is 2. The van der Waals surface area contributed by atoms with Gasteiger partial charge in [0.25, 0.3) is 0 Å². The molecule has 0 amide bonds. The van der Waals surface area contributed by atoms with Crippen LogP contribution in [0.1, 0.15) is 40.5 Å². The van der Waals surface area contributed by atoms with Crippen molar-refractivity contribution >= 4 is 0 Å². The molecular formula is C19H30O7. The number of allylic oxidation sites excluding steroid dienone is 1. The van der Waals surface area contributed by atoms with E-state index >= 15 is 0 Å². The predicted molar refractivity (Wildman–Crippen MR) is 93.8 cm³/mol. The second-order valence-electron chi connectivity index (χ2n) is 7.85. The highest BCUT2D eigenvalue weighted by Gasteiger charge is 2.44. The van der Waals surface area contributed by atoms with Crippen LogP contribution >= 0.6 is 0 Å². The summed E-state index contributed by atoms with van der Waals surface area (Å²) in [6.45, 7) is 7.21. The Kier molecular flexibility index (Phi) is 6.86. The monoisotopic (exact) mass is 370 g/mol. The lowest BCUT2D eigenvalue weighted by molar-refractivity contribution is -0.305. The van der Waals surface area contributed by atoms with Crippen LogP contribution in [0.3, 0.4) is 0 Å². The van der Waals surface area contributed by atoms with Gasteiger partial charge >= 0.3 is 0 Å². The average Bonchev–Trinajstić information content (AvgIpc) is 2.53. The summed E-state index contributed by atoms with van der Waals surface area (Å²) in [6.07, 6.45) is -6.30. The fourth-order valence-electron chi connectivity index (χ4n) is 3.66. The van der Waals surface area contributed by atoms with Crippen molar-refractivity contribution in [2.75, 3.05) is 6.61 Å². The fourth-order valence-corrected chi connectivity index (χ4v) is 3.66. The summed E-state index contributed by atoms with van der Waals surface area (Å²) in [5.74, 6) is 6.10. The highest BCUT2D eigenvalue weighted by atomic mass is 16.7. The van der Waals surface area contributed by atoms with Gasteiger partial charge in [0.2, 0.25) is 0 Å². The highest BCUT2D eigenvalue weighted by molar-refractivity contribution is 5.40. The molecule has 0 aromatic carbocycles. The van der Waals surface area contributed by atoms with E-state index in [0.29, 0.717) is 12.8 Å². The standard InChI is InChI=1S/C19H30O7/c1-10-7-12(21)8-19(3,4)13(10)6-5-11(2)25-18-17(24)16(23)15(22)14(9-20)26-18/h11-12,14-18,20-24H,7-9H2,1-4H3/t11?,12-,14-,15-,16+,17-,18-/m1/s1. The molecule has 1 saturated heterocycles. The number of hydrogen-bond acceptors (Lipinski definition) is 7. The third-order valence-corrected chi connectivity index (χ3v) is 4.98. The molecule has 7 atom stereocenters. The molecule has 0 aromatic heterocycles. The molecule has 0 saturated carbocycles. The van der Waals surface area contributed by atoms with Crippen LogP contribution in [0.25, 0.3) is 0 Å². The van der Waals surface area contributed by atoms with Gasteiger partial charge in [-0.2, -0.15) is 0 Å². The van der Waals surface area contributed by atoms with Crippen molar-refractivity contribution in [3.8, 4) is 11.8 Å². The Morgan fingerprint density at radius 1 is 1.19 bits per heavy atom. The van der Waals surface area contributed by atoms with Crippen molar-refractivity contribution < 1.29 is 35.0 Å². The van der Waals surface area contributed by atoms with Gasteiger partial charge in [-0.1, -0.05) is 31.3 Å². The summed E-state index contributed by atoms with van der Waals surface area (Å²) in [4.78, 5) is 0. The van der Waals surface area contributed by atoms with Gasteiger partial charge in [0.05, 0.1) is 12.7 Å². The summed E-state index contributed by atoms with van der Waals surface area (Å²) in [5, 5.41) is 48.8. The minimum Gasteiger partial charge on any atom is -0.394 e. The van der Waals surface area contributed by atoms with Crippen LogP contribution in [0, 0.1) is 17.3 Å². The maximum Gasteiger partial charge on any atom is 0.188 e.